The molecule has 6 nitrogen and oxygen atoms in total. The van der Waals surface area contributed by atoms with Crippen LogP contribution in [0, 0.1) is 0 Å². The van der Waals surface area contributed by atoms with Gasteiger partial charge in [0, 0.05) is 31.7 Å². The van der Waals surface area contributed by atoms with Crippen molar-refractivity contribution < 1.29 is 9.59 Å². The highest BCUT2D eigenvalue weighted by Crippen LogP contribution is 2.25. The summed E-state index contributed by atoms with van der Waals surface area (Å²) < 4.78 is 0. The van der Waals surface area contributed by atoms with E-state index in [1.165, 1.54) is 0 Å². The molecule has 114 valence electrons. The zero-order valence-electron chi connectivity index (χ0n) is 11.2. The maximum absolute atomic E-state index is 12.3. The van der Waals surface area contributed by atoms with Crippen molar-refractivity contribution in [1.82, 2.24) is 10.2 Å². The zero-order valence-corrected chi connectivity index (χ0v) is 12.7. The van der Waals surface area contributed by atoms with Crippen LogP contribution < -0.4 is 16.4 Å². The molecule has 1 unspecified atom stereocenters. The molecule has 2 rings (SSSR count). The van der Waals surface area contributed by atoms with Crippen LogP contribution in [0.3, 0.4) is 0 Å². The van der Waals surface area contributed by atoms with Crippen LogP contribution in [0.15, 0.2) is 18.2 Å². The number of piperazine rings is 1. The van der Waals surface area contributed by atoms with E-state index in [1.807, 2.05) is 0 Å². The van der Waals surface area contributed by atoms with Crippen molar-refractivity contribution in [3.05, 3.63) is 28.2 Å². The molecular formula is C13H16Cl2N4O2. The lowest BCUT2D eigenvalue weighted by Gasteiger charge is -2.35. The Hall–Kier alpha value is -1.50. The third-order valence-electron chi connectivity index (χ3n) is 3.22. The molecule has 1 fully saturated rings. The molecule has 1 atom stereocenters. The number of hydrogen-bond donors (Lipinski definition) is 3. The molecule has 21 heavy (non-hydrogen) atoms. The van der Waals surface area contributed by atoms with Gasteiger partial charge in [-0.25, -0.2) is 4.79 Å². The number of rotatable bonds is 3. The van der Waals surface area contributed by atoms with E-state index in [9.17, 15) is 9.59 Å². The van der Waals surface area contributed by atoms with Crippen molar-refractivity contribution in [2.75, 3.05) is 25.0 Å². The fraction of sp³-hybridized carbons (Fsp3) is 0.385. The number of carbonyl (C=O) groups is 2. The third-order valence-corrected chi connectivity index (χ3v) is 3.96. The highest BCUT2D eigenvalue weighted by atomic mass is 35.5. The van der Waals surface area contributed by atoms with Gasteiger partial charge in [0.2, 0.25) is 5.91 Å². The molecule has 3 amide bonds. The zero-order chi connectivity index (χ0) is 15.4. The van der Waals surface area contributed by atoms with Gasteiger partial charge >= 0.3 is 6.03 Å². The summed E-state index contributed by atoms with van der Waals surface area (Å²) in [4.78, 5) is 25.0. The van der Waals surface area contributed by atoms with Gasteiger partial charge < -0.3 is 21.3 Å². The molecule has 1 heterocycles. The van der Waals surface area contributed by atoms with Gasteiger partial charge in [0.15, 0.2) is 0 Å². The number of carbonyl (C=O) groups excluding carboxylic acids is 2. The number of benzene rings is 1. The van der Waals surface area contributed by atoms with Crippen molar-refractivity contribution >= 4 is 40.8 Å². The molecule has 1 aromatic carbocycles. The first-order valence-electron chi connectivity index (χ1n) is 6.49. The molecule has 0 aromatic heterocycles. The molecule has 8 heteroatoms. The van der Waals surface area contributed by atoms with E-state index in [4.69, 9.17) is 28.9 Å². The lowest BCUT2D eigenvalue weighted by Crippen LogP contribution is -2.55. The maximum atomic E-state index is 12.3. The van der Waals surface area contributed by atoms with Gasteiger partial charge in [-0.15, -0.1) is 0 Å². The van der Waals surface area contributed by atoms with Crippen molar-refractivity contribution in [2.45, 2.75) is 12.5 Å². The third kappa shape index (κ3) is 4.23. The number of urea groups is 1. The van der Waals surface area contributed by atoms with Gasteiger partial charge in [-0.05, 0) is 18.2 Å². The second-order valence-corrected chi connectivity index (χ2v) is 5.60. The average Bonchev–Trinajstić information content (AvgIpc) is 2.43. The molecule has 0 aliphatic carbocycles. The minimum atomic E-state index is -0.434. The molecule has 0 bridgehead atoms. The van der Waals surface area contributed by atoms with Crippen molar-refractivity contribution in [2.24, 2.45) is 5.73 Å². The predicted molar refractivity (Wildman–Crippen MR) is 82.7 cm³/mol. The first-order chi connectivity index (χ1) is 9.97. The largest absolute Gasteiger partial charge is 0.370 e. The fourth-order valence-corrected chi connectivity index (χ4v) is 2.51. The summed E-state index contributed by atoms with van der Waals surface area (Å²) in [6, 6.07) is 4.31. The molecule has 0 spiro atoms. The van der Waals surface area contributed by atoms with E-state index in [0.29, 0.717) is 35.4 Å². The van der Waals surface area contributed by atoms with Crippen LogP contribution >= 0.6 is 23.2 Å². The highest BCUT2D eigenvalue weighted by Gasteiger charge is 2.27. The number of primary amides is 1. The second kappa shape index (κ2) is 6.98. The number of nitrogens with two attached hydrogens (primary N) is 1. The van der Waals surface area contributed by atoms with E-state index in [0.717, 1.165) is 0 Å². The number of anilines is 1. The summed E-state index contributed by atoms with van der Waals surface area (Å²) >= 11 is 11.7. The fourth-order valence-electron chi connectivity index (χ4n) is 2.21. The van der Waals surface area contributed by atoms with Crippen LogP contribution in [0.5, 0.6) is 0 Å². The van der Waals surface area contributed by atoms with E-state index < -0.39 is 5.91 Å². The molecule has 1 aliphatic rings. The molecule has 1 saturated heterocycles. The Kier molecular flexibility index (Phi) is 5.27. The summed E-state index contributed by atoms with van der Waals surface area (Å²) in [5, 5.41) is 6.67. The van der Waals surface area contributed by atoms with Crippen molar-refractivity contribution in [3.63, 3.8) is 0 Å². The minimum absolute atomic E-state index is 0.127. The lowest BCUT2D eigenvalue weighted by molar-refractivity contribution is -0.119. The summed E-state index contributed by atoms with van der Waals surface area (Å²) in [5.74, 6) is -0.434. The Morgan fingerprint density at radius 3 is 2.81 bits per heavy atom. The van der Waals surface area contributed by atoms with Crippen LogP contribution in [0.1, 0.15) is 6.42 Å². The monoisotopic (exact) mass is 330 g/mol. The van der Waals surface area contributed by atoms with E-state index in [1.54, 1.807) is 23.1 Å². The lowest BCUT2D eigenvalue weighted by atomic mass is 10.1. The topological polar surface area (TPSA) is 87.5 Å². The number of nitrogens with one attached hydrogen (secondary N) is 2. The first kappa shape index (κ1) is 15.9. The smallest absolute Gasteiger partial charge is 0.322 e. The Balaban J connectivity index is 2.06. The summed E-state index contributed by atoms with van der Waals surface area (Å²) in [5.41, 5.74) is 5.76. The quantitative estimate of drug-likeness (QED) is 0.787. The van der Waals surface area contributed by atoms with Crippen LogP contribution in [0.4, 0.5) is 10.5 Å². The molecule has 4 N–H and O–H groups in total. The van der Waals surface area contributed by atoms with Crippen molar-refractivity contribution in [3.8, 4) is 0 Å². The van der Waals surface area contributed by atoms with E-state index >= 15 is 0 Å². The van der Waals surface area contributed by atoms with Gasteiger partial charge in [0.25, 0.3) is 0 Å². The Bertz CT molecular complexity index is 553. The van der Waals surface area contributed by atoms with Crippen LogP contribution in [0.2, 0.25) is 10.0 Å². The number of halogens is 2. The standard InChI is InChI=1S/C13H16Cl2N4O2/c14-10-2-1-8(5-11(10)15)18-13(21)19-4-3-17-7-9(19)6-12(16)20/h1-2,5,9,17H,3-4,6-7H2,(H2,16,20)(H,18,21). The van der Waals surface area contributed by atoms with Crippen LogP contribution in [0.25, 0.3) is 0 Å². The maximum Gasteiger partial charge on any atom is 0.322 e. The Morgan fingerprint density at radius 1 is 1.38 bits per heavy atom. The van der Waals surface area contributed by atoms with Gasteiger partial charge in [0.05, 0.1) is 16.1 Å². The van der Waals surface area contributed by atoms with Crippen LogP contribution in [-0.4, -0.2) is 42.5 Å². The van der Waals surface area contributed by atoms with Gasteiger partial charge in [-0.1, -0.05) is 23.2 Å². The van der Waals surface area contributed by atoms with Crippen LogP contribution in [-0.2, 0) is 4.79 Å². The second-order valence-electron chi connectivity index (χ2n) is 4.78. The summed E-state index contributed by atoms with van der Waals surface area (Å²) in [7, 11) is 0. The van der Waals surface area contributed by atoms with E-state index in [2.05, 4.69) is 10.6 Å². The first-order valence-corrected chi connectivity index (χ1v) is 7.24. The molecule has 0 saturated carbocycles. The highest BCUT2D eigenvalue weighted by molar-refractivity contribution is 6.42. The molecule has 0 radical (unpaired) electrons. The van der Waals surface area contributed by atoms with Gasteiger partial charge in [-0.3, -0.25) is 4.79 Å². The van der Waals surface area contributed by atoms with Crippen molar-refractivity contribution in [1.29, 1.82) is 0 Å². The summed E-state index contributed by atoms with van der Waals surface area (Å²) in [6.45, 7) is 1.72. The Labute approximate surface area is 132 Å². The van der Waals surface area contributed by atoms with Gasteiger partial charge in [-0.2, -0.15) is 0 Å². The Morgan fingerprint density at radius 2 is 2.14 bits per heavy atom. The molecule has 1 aromatic rings. The number of hydrogen-bond acceptors (Lipinski definition) is 3. The summed E-state index contributed by atoms with van der Waals surface area (Å²) in [6.07, 6.45) is 0.127. The minimum Gasteiger partial charge on any atom is -0.370 e. The van der Waals surface area contributed by atoms with E-state index in [-0.39, 0.29) is 18.5 Å². The SMILES string of the molecule is NC(=O)CC1CNCCN1C(=O)Nc1ccc(Cl)c(Cl)c1. The normalized spacial score (nSPS) is 18.4. The number of amides is 3. The molecule has 1 aliphatic heterocycles. The predicted octanol–water partition coefficient (Wildman–Crippen LogP) is 1.67. The average molecular weight is 331 g/mol. The number of nitrogens with zero attached hydrogens (tertiary/aromatic N) is 1. The van der Waals surface area contributed by atoms with Gasteiger partial charge in [0.1, 0.15) is 0 Å². The molecular weight excluding hydrogens is 315 g/mol.